The summed E-state index contributed by atoms with van der Waals surface area (Å²) in [7, 11) is 0. The van der Waals surface area contributed by atoms with Crippen LogP contribution in [-0.4, -0.2) is 23.9 Å². The Morgan fingerprint density at radius 1 is 1.45 bits per heavy atom. The molecule has 4 nitrogen and oxygen atoms in total. The number of furan rings is 1. The van der Waals surface area contributed by atoms with E-state index in [4.69, 9.17) is 9.52 Å². The predicted molar refractivity (Wildman–Crippen MR) is 83.5 cm³/mol. The molecular weight excluding hydrogens is 305 g/mol. The summed E-state index contributed by atoms with van der Waals surface area (Å²) < 4.78 is 19.4. The molecule has 0 fully saturated rings. The van der Waals surface area contributed by atoms with Gasteiger partial charge in [-0.3, -0.25) is 4.79 Å². The molecule has 2 rings (SSSR count). The van der Waals surface area contributed by atoms with Crippen LogP contribution in [0.4, 0.5) is 4.39 Å². The number of aliphatic hydroxyl groups is 1. The SMILES string of the molecule is CSc1cc(C)c(C(=O)NC(CCO)c2ccccc2F)o1. The number of hydrogen-bond acceptors (Lipinski definition) is 4. The molecule has 2 aromatic rings. The lowest BCUT2D eigenvalue weighted by atomic mass is 10.0. The molecule has 0 radical (unpaired) electrons. The minimum atomic E-state index is -0.610. The zero-order chi connectivity index (χ0) is 16.1. The predicted octanol–water partition coefficient (Wildman–Crippen LogP) is 3.30. The summed E-state index contributed by atoms with van der Waals surface area (Å²) in [5.41, 5.74) is 1.07. The molecule has 1 heterocycles. The standard InChI is InChI=1S/C16H18FNO3S/c1-10-9-14(22-2)21-15(10)16(20)18-13(7-8-19)11-5-3-4-6-12(11)17/h3-6,9,13,19H,7-8H2,1-2H3,(H,18,20). The second-order valence-electron chi connectivity index (χ2n) is 4.84. The first kappa shape index (κ1) is 16.6. The van der Waals surface area contributed by atoms with Crippen molar-refractivity contribution < 1.29 is 18.7 Å². The molecule has 2 N–H and O–H groups in total. The zero-order valence-electron chi connectivity index (χ0n) is 12.4. The van der Waals surface area contributed by atoms with Gasteiger partial charge in [0, 0.05) is 17.7 Å². The number of aryl methyl sites for hydroxylation is 1. The normalized spacial score (nSPS) is 12.2. The lowest BCUT2D eigenvalue weighted by molar-refractivity contribution is 0.0895. The van der Waals surface area contributed by atoms with E-state index in [0.717, 1.165) is 5.56 Å². The highest BCUT2D eigenvalue weighted by molar-refractivity contribution is 7.98. The van der Waals surface area contributed by atoms with E-state index >= 15 is 0 Å². The number of hydrogen-bond donors (Lipinski definition) is 2. The van der Waals surface area contributed by atoms with Gasteiger partial charge in [0.15, 0.2) is 10.9 Å². The fourth-order valence-electron chi connectivity index (χ4n) is 2.19. The van der Waals surface area contributed by atoms with E-state index in [0.29, 0.717) is 10.7 Å². The van der Waals surface area contributed by atoms with E-state index < -0.39 is 17.8 Å². The average molecular weight is 323 g/mol. The number of thioether (sulfide) groups is 1. The molecule has 22 heavy (non-hydrogen) atoms. The highest BCUT2D eigenvalue weighted by Gasteiger charge is 2.22. The second-order valence-corrected chi connectivity index (χ2v) is 5.65. The van der Waals surface area contributed by atoms with Crippen LogP contribution in [-0.2, 0) is 0 Å². The van der Waals surface area contributed by atoms with Gasteiger partial charge in [-0.05, 0) is 31.7 Å². The van der Waals surface area contributed by atoms with Gasteiger partial charge < -0.3 is 14.8 Å². The summed E-state index contributed by atoms with van der Waals surface area (Å²) in [5, 5.41) is 12.5. The first-order valence-corrected chi connectivity index (χ1v) is 8.09. The number of nitrogens with one attached hydrogen (secondary N) is 1. The molecule has 118 valence electrons. The molecule has 1 atom stereocenters. The Balaban J connectivity index is 2.22. The highest BCUT2D eigenvalue weighted by Crippen LogP contribution is 2.24. The maximum Gasteiger partial charge on any atom is 0.287 e. The van der Waals surface area contributed by atoms with Gasteiger partial charge in [0.05, 0.1) is 6.04 Å². The van der Waals surface area contributed by atoms with Crippen molar-refractivity contribution in [3.8, 4) is 0 Å². The third-order valence-electron chi connectivity index (χ3n) is 3.31. The number of benzene rings is 1. The summed E-state index contributed by atoms with van der Waals surface area (Å²) in [6.45, 7) is 1.62. The third kappa shape index (κ3) is 3.69. The van der Waals surface area contributed by atoms with Crippen molar-refractivity contribution in [2.75, 3.05) is 12.9 Å². The van der Waals surface area contributed by atoms with Crippen molar-refractivity contribution in [2.24, 2.45) is 0 Å². The van der Waals surface area contributed by atoms with Crippen molar-refractivity contribution in [1.82, 2.24) is 5.32 Å². The highest BCUT2D eigenvalue weighted by atomic mass is 32.2. The van der Waals surface area contributed by atoms with Gasteiger partial charge in [0.1, 0.15) is 5.82 Å². The first-order chi connectivity index (χ1) is 10.6. The van der Waals surface area contributed by atoms with Crippen LogP contribution in [0, 0.1) is 12.7 Å². The number of carbonyl (C=O) groups excluding carboxylic acids is 1. The topological polar surface area (TPSA) is 62.5 Å². The van der Waals surface area contributed by atoms with Crippen molar-refractivity contribution in [1.29, 1.82) is 0 Å². The van der Waals surface area contributed by atoms with E-state index in [1.54, 1.807) is 31.2 Å². The Kier molecular flexibility index (Phi) is 5.63. The van der Waals surface area contributed by atoms with Gasteiger partial charge >= 0.3 is 0 Å². The molecular formula is C16H18FNO3S. The van der Waals surface area contributed by atoms with Crippen LogP contribution >= 0.6 is 11.8 Å². The summed E-state index contributed by atoms with van der Waals surface area (Å²) in [5.74, 6) is -0.620. The third-order valence-corrected chi connectivity index (χ3v) is 3.91. The van der Waals surface area contributed by atoms with E-state index in [9.17, 15) is 9.18 Å². The van der Waals surface area contributed by atoms with Crippen molar-refractivity contribution in [2.45, 2.75) is 24.5 Å². The van der Waals surface area contributed by atoms with Gasteiger partial charge in [-0.2, -0.15) is 0 Å². The lowest BCUT2D eigenvalue weighted by Crippen LogP contribution is -2.30. The Morgan fingerprint density at radius 2 is 2.18 bits per heavy atom. The molecule has 0 aliphatic rings. The van der Waals surface area contributed by atoms with Crippen molar-refractivity contribution in [3.63, 3.8) is 0 Å². The van der Waals surface area contributed by atoms with Crippen LogP contribution in [0.1, 0.15) is 34.1 Å². The molecule has 0 bridgehead atoms. The molecule has 1 aromatic carbocycles. The van der Waals surface area contributed by atoms with Crippen LogP contribution < -0.4 is 5.32 Å². The van der Waals surface area contributed by atoms with E-state index in [1.165, 1.54) is 17.8 Å². The van der Waals surface area contributed by atoms with Crippen molar-refractivity contribution >= 4 is 17.7 Å². The Labute approximate surface area is 132 Å². The fraction of sp³-hybridized carbons (Fsp3) is 0.312. The maximum absolute atomic E-state index is 13.9. The molecule has 0 saturated heterocycles. The van der Waals surface area contributed by atoms with E-state index in [-0.39, 0.29) is 18.8 Å². The number of carbonyl (C=O) groups is 1. The number of aliphatic hydroxyl groups excluding tert-OH is 1. The van der Waals surface area contributed by atoms with Crippen LogP contribution in [0.5, 0.6) is 0 Å². The molecule has 6 heteroatoms. The molecule has 0 aliphatic carbocycles. The second kappa shape index (κ2) is 7.47. The number of halogens is 1. The summed E-state index contributed by atoms with van der Waals surface area (Å²) in [6, 6.07) is 7.37. The summed E-state index contributed by atoms with van der Waals surface area (Å²) in [6.07, 6.45) is 2.08. The maximum atomic E-state index is 13.9. The van der Waals surface area contributed by atoms with Crippen LogP contribution in [0.2, 0.25) is 0 Å². The lowest BCUT2D eigenvalue weighted by Gasteiger charge is -2.18. The van der Waals surface area contributed by atoms with Gasteiger partial charge in [-0.25, -0.2) is 4.39 Å². The average Bonchev–Trinajstić information content (AvgIpc) is 2.88. The Bertz CT molecular complexity index is 657. The molecule has 1 unspecified atom stereocenters. The first-order valence-electron chi connectivity index (χ1n) is 6.87. The van der Waals surface area contributed by atoms with Crippen LogP contribution in [0.15, 0.2) is 39.8 Å². The largest absolute Gasteiger partial charge is 0.444 e. The summed E-state index contributed by atoms with van der Waals surface area (Å²) in [4.78, 5) is 12.3. The molecule has 0 saturated carbocycles. The van der Waals surface area contributed by atoms with Gasteiger partial charge in [-0.1, -0.05) is 30.0 Å². The van der Waals surface area contributed by atoms with Crippen LogP contribution in [0.3, 0.4) is 0 Å². The van der Waals surface area contributed by atoms with E-state index in [1.807, 2.05) is 6.26 Å². The quantitative estimate of drug-likeness (QED) is 0.801. The molecule has 1 aromatic heterocycles. The molecule has 1 amide bonds. The van der Waals surface area contributed by atoms with Gasteiger partial charge in [-0.15, -0.1) is 0 Å². The smallest absolute Gasteiger partial charge is 0.287 e. The minimum Gasteiger partial charge on any atom is -0.444 e. The van der Waals surface area contributed by atoms with Crippen molar-refractivity contribution in [3.05, 3.63) is 53.0 Å². The van der Waals surface area contributed by atoms with E-state index in [2.05, 4.69) is 5.32 Å². The number of amides is 1. The monoisotopic (exact) mass is 323 g/mol. The van der Waals surface area contributed by atoms with Gasteiger partial charge in [0.25, 0.3) is 5.91 Å². The summed E-state index contributed by atoms with van der Waals surface area (Å²) >= 11 is 1.40. The van der Waals surface area contributed by atoms with Crippen LogP contribution in [0.25, 0.3) is 0 Å². The van der Waals surface area contributed by atoms with Gasteiger partial charge in [0.2, 0.25) is 0 Å². The Morgan fingerprint density at radius 3 is 2.77 bits per heavy atom. The fourth-order valence-corrected chi connectivity index (χ4v) is 2.66. The molecule has 0 spiro atoms. The number of rotatable bonds is 6. The minimum absolute atomic E-state index is 0.160. The molecule has 0 aliphatic heterocycles. The zero-order valence-corrected chi connectivity index (χ0v) is 13.2. The Hall–Kier alpha value is -1.79.